The van der Waals surface area contributed by atoms with Crippen LogP contribution in [0.25, 0.3) is 11.2 Å². The molecule has 1 atom stereocenters. The predicted octanol–water partition coefficient (Wildman–Crippen LogP) is 0.182. The summed E-state index contributed by atoms with van der Waals surface area (Å²) in [4.78, 5) is 28.4. The van der Waals surface area contributed by atoms with E-state index >= 15 is 0 Å². The smallest absolute Gasteiger partial charge is 0.332 e. The first-order chi connectivity index (χ1) is 11.9. The summed E-state index contributed by atoms with van der Waals surface area (Å²) in [6, 6.07) is 7.54. The normalized spacial score (nSPS) is 12.5. The molecule has 0 aliphatic rings. The number of hydrogen-bond donors (Lipinski definition) is 1. The molecule has 8 nitrogen and oxygen atoms in total. The molecule has 1 N–H and O–H groups in total. The van der Waals surface area contributed by atoms with Gasteiger partial charge in [-0.3, -0.25) is 13.9 Å². The highest BCUT2D eigenvalue weighted by molar-refractivity contribution is 5.69. The first kappa shape index (κ1) is 17.0. The third-order valence-electron chi connectivity index (χ3n) is 4.06. The third-order valence-corrected chi connectivity index (χ3v) is 4.06. The minimum absolute atomic E-state index is 0.0786. The predicted molar refractivity (Wildman–Crippen MR) is 92.9 cm³/mol. The summed E-state index contributed by atoms with van der Waals surface area (Å²) in [7, 11) is 2.97. The number of hydrogen-bond acceptors (Lipinski definition) is 5. The summed E-state index contributed by atoms with van der Waals surface area (Å²) in [5, 5.41) is 10.2. The standard InChI is InChI=1S/C17H20N4O4/c1-11-5-4-6-13(7-11)25-9-12(22)8-21-10-18-15-14(21)16(23)20(3)17(24)19(15)2/h4-7,10,12,22H,8-9H2,1-3H3/t12-/m0/s1. The molecule has 0 bridgehead atoms. The van der Waals surface area contributed by atoms with Crippen molar-refractivity contribution in [3.05, 3.63) is 57.0 Å². The number of imidazole rings is 1. The third kappa shape index (κ3) is 3.20. The van der Waals surface area contributed by atoms with Crippen molar-refractivity contribution >= 4 is 11.2 Å². The highest BCUT2D eigenvalue weighted by atomic mass is 16.5. The molecule has 0 radical (unpaired) electrons. The summed E-state index contributed by atoms with van der Waals surface area (Å²) in [5.41, 5.74) is 0.754. The van der Waals surface area contributed by atoms with E-state index in [0.717, 1.165) is 10.1 Å². The summed E-state index contributed by atoms with van der Waals surface area (Å²) >= 11 is 0. The van der Waals surface area contributed by atoms with Crippen molar-refractivity contribution in [1.29, 1.82) is 0 Å². The zero-order valence-electron chi connectivity index (χ0n) is 14.3. The van der Waals surface area contributed by atoms with Gasteiger partial charge < -0.3 is 14.4 Å². The Morgan fingerprint density at radius 1 is 1.24 bits per heavy atom. The van der Waals surface area contributed by atoms with Gasteiger partial charge in [0.1, 0.15) is 18.5 Å². The van der Waals surface area contributed by atoms with Crippen LogP contribution in [0.2, 0.25) is 0 Å². The monoisotopic (exact) mass is 344 g/mol. The quantitative estimate of drug-likeness (QED) is 0.713. The molecule has 1 aromatic carbocycles. The fourth-order valence-corrected chi connectivity index (χ4v) is 2.71. The topological polar surface area (TPSA) is 91.3 Å². The summed E-state index contributed by atoms with van der Waals surface area (Å²) in [6.07, 6.45) is 0.612. The minimum atomic E-state index is -0.833. The molecule has 0 saturated carbocycles. The van der Waals surface area contributed by atoms with Gasteiger partial charge in [0.05, 0.1) is 12.9 Å². The Morgan fingerprint density at radius 3 is 2.72 bits per heavy atom. The van der Waals surface area contributed by atoms with Gasteiger partial charge in [-0.15, -0.1) is 0 Å². The largest absolute Gasteiger partial charge is 0.491 e. The lowest BCUT2D eigenvalue weighted by Crippen LogP contribution is -2.38. The van der Waals surface area contributed by atoms with E-state index in [1.165, 1.54) is 17.9 Å². The Kier molecular flexibility index (Phi) is 4.45. The van der Waals surface area contributed by atoms with Gasteiger partial charge in [0.2, 0.25) is 0 Å². The maximum atomic E-state index is 12.4. The Balaban J connectivity index is 1.81. The number of nitrogens with zero attached hydrogens (tertiary/aromatic N) is 4. The lowest BCUT2D eigenvalue weighted by Gasteiger charge is -2.14. The van der Waals surface area contributed by atoms with Gasteiger partial charge in [-0.1, -0.05) is 12.1 Å². The van der Waals surface area contributed by atoms with Crippen LogP contribution in [0.4, 0.5) is 0 Å². The van der Waals surface area contributed by atoms with Crippen molar-refractivity contribution in [2.24, 2.45) is 14.1 Å². The molecule has 0 spiro atoms. The molecule has 3 rings (SSSR count). The van der Waals surface area contributed by atoms with Crippen LogP contribution in [0.15, 0.2) is 40.2 Å². The number of rotatable bonds is 5. The molecule has 0 aliphatic carbocycles. The van der Waals surface area contributed by atoms with Crippen molar-refractivity contribution in [2.75, 3.05) is 6.61 Å². The molecule has 2 heterocycles. The van der Waals surface area contributed by atoms with Crippen LogP contribution in [0, 0.1) is 6.92 Å². The highest BCUT2D eigenvalue weighted by Gasteiger charge is 2.16. The number of aromatic nitrogens is 4. The molecule has 132 valence electrons. The zero-order chi connectivity index (χ0) is 18.1. The molecule has 8 heteroatoms. The van der Waals surface area contributed by atoms with Gasteiger partial charge in [0, 0.05) is 14.1 Å². The molecule has 3 aromatic rings. The SMILES string of the molecule is Cc1cccc(OC[C@@H](O)Cn2cnc3c2c(=O)n(C)c(=O)n3C)c1. The first-order valence-electron chi connectivity index (χ1n) is 7.87. The minimum Gasteiger partial charge on any atom is -0.491 e. The highest BCUT2D eigenvalue weighted by Crippen LogP contribution is 2.13. The molecule has 2 aromatic heterocycles. The first-order valence-corrected chi connectivity index (χ1v) is 7.87. The fraction of sp³-hybridized carbons (Fsp3) is 0.353. The van der Waals surface area contributed by atoms with E-state index in [1.807, 2.05) is 31.2 Å². The van der Waals surface area contributed by atoms with Crippen LogP contribution in [0.3, 0.4) is 0 Å². The summed E-state index contributed by atoms with van der Waals surface area (Å²) in [6.45, 7) is 2.17. The number of aliphatic hydroxyl groups is 1. The van der Waals surface area contributed by atoms with Crippen LogP contribution in [-0.2, 0) is 20.6 Å². The number of ether oxygens (including phenoxy) is 1. The van der Waals surface area contributed by atoms with Crippen LogP contribution in [0.5, 0.6) is 5.75 Å². The average molecular weight is 344 g/mol. The van der Waals surface area contributed by atoms with E-state index < -0.39 is 17.4 Å². The molecule has 25 heavy (non-hydrogen) atoms. The van der Waals surface area contributed by atoms with Gasteiger partial charge in [0.25, 0.3) is 5.56 Å². The fourth-order valence-electron chi connectivity index (χ4n) is 2.71. The van der Waals surface area contributed by atoms with Gasteiger partial charge in [-0.2, -0.15) is 0 Å². The number of aliphatic hydroxyl groups excluding tert-OH is 1. The van der Waals surface area contributed by atoms with Crippen LogP contribution in [0.1, 0.15) is 5.56 Å². The molecule has 0 fully saturated rings. The van der Waals surface area contributed by atoms with Crippen molar-refractivity contribution in [3.8, 4) is 5.75 Å². The van der Waals surface area contributed by atoms with Crippen molar-refractivity contribution in [3.63, 3.8) is 0 Å². The van der Waals surface area contributed by atoms with E-state index in [2.05, 4.69) is 4.98 Å². The van der Waals surface area contributed by atoms with Gasteiger partial charge in [0.15, 0.2) is 11.2 Å². The molecule has 0 saturated heterocycles. The second-order valence-corrected chi connectivity index (χ2v) is 6.06. The van der Waals surface area contributed by atoms with Crippen molar-refractivity contribution in [1.82, 2.24) is 18.7 Å². The molecule has 0 aliphatic heterocycles. The van der Waals surface area contributed by atoms with Gasteiger partial charge >= 0.3 is 5.69 Å². The van der Waals surface area contributed by atoms with Gasteiger partial charge in [-0.05, 0) is 24.6 Å². The summed E-state index contributed by atoms with van der Waals surface area (Å²) < 4.78 is 9.46. The van der Waals surface area contributed by atoms with E-state index in [1.54, 1.807) is 11.6 Å². The van der Waals surface area contributed by atoms with Crippen LogP contribution < -0.4 is 16.0 Å². The van der Waals surface area contributed by atoms with Gasteiger partial charge in [-0.25, -0.2) is 9.78 Å². The van der Waals surface area contributed by atoms with Crippen molar-refractivity contribution in [2.45, 2.75) is 19.6 Å². The van der Waals surface area contributed by atoms with Crippen molar-refractivity contribution < 1.29 is 9.84 Å². The van der Waals surface area contributed by atoms with E-state index in [0.29, 0.717) is 11.4 Å². The second kappa shape index (κ2) is 6.56. The van der Waals surface area contributed by atoms with E-state index in [9.17, 15) is 14.7 Å². The molecular weight excluding hydrogens is 324 g/mol. The van der Waals surface area contributed by atoms with E-state index in [-0.39, 0.29) is 18.7 Å². The maximum absolute atomic E-state index is 12.4. The second-order valence-electron chi connectivity index (χ2n) is 6.06. The maximum Gasteiger partial charge on any atom is 0.332 e. The van der Waals surface area contributed by atoms with Crippen LogP contribution >= 0.6 is 0 Å². The molecular formula is C17H20N4O4. The molecule has 0 amide bonds. The molecule has 0 unspecified atom stereocenters. The Labute approximate surface area is 143 Å². The Morgan fingerprint density at radius 2 is 2.00 bits per heavy atom. The van der Waals surface area contributed by atoms with E-state index in [4.69, 9.17) is 4.74 Å². The number of aryl methyl sites for hydroxylation is 2. The zero-order valence-corrected chi connectivity index (χ0v) is 14.3. The lowest BCUT2D eigenvalue weighted by molar-refractivity contribution is 0.0933. The number of benzene rings is 1. The summed E-state index contributed by atoms with van der Waals surface area (Å²) in [5.74, 6) is 0.674. The Hall–Kier alpha value is -2.87. The Bertz CT molecular complexity index is 1030. The average Bonchev–Trinajstić information content (AvgIpc) is 3.00. The lowest BCUT2D eigenvalue weighted by atomic mass is 10.2. The number of fused-ring (bicyclic) bond motifs is 1. The van der Waals surface area contributed by atoms with Crippen LogP contribution in [-0.4, -0.2) is 36.5 Å².